The molecule has 2 aromatic heterocycles. The molecule has 0 aromatic carbocycles. The molecule has 0 spiro atoms. The molecule has 3 heterocycles. The van der Waals surface area contributed by atoms with Crippen LogP contribution < -0.4 is 4.74 Å². The van der Waals surface area contributed by atoms with E-state index < -0.39 is 0 Å². The van der Waals surface area contributed by atoms with E-state index in [0.717, 1.165) is 64.0 Å². The van der Waals surface area contributed by atoms with Crippen LogP contribution in [-0.4, -0.2) is 60.1 Å². The maximum atomic E-state index is 12.5. The number of rotatable bonds is 10. The van der Waals surface area contributed by atoms with Crippen molar-refractivity contribution in [1.29, 1.82) is 0 Å². The molecule has 0 bridgehead atoms. The van der Waals surface area contributed by atoms with Gasteiger partial charge in [-0.3, -0.25) is 4.79 Å². The molecule has 7 nitrogen and oxygen atoms in total. The first-order chi connectivity index (χ1) is 16.5. The van der Waals surface area contributed by atoms with Crippen molar-refractivity contribution < 1.29 is 18.7 Å². The summed E-state index contributed by atoms with van der Waals surface area (Å²) in [6, 6.07) is 4.17. The Labute approximate surface area is 203 Å². The van der Waals surface area contributed by atoms with Crippen LogP contribution >= 0.6 is 0 Å². The Balaban J connectivity index is 1.23. The van der Waals surface area contributed by atoms with Crippen LogP contribution in [0.15, 0.2) is 22.7 Å². The number of nitrogens with zero attached hydrogens (tertiary/aromatic N) is 3. The summed E-state index contributed by atoms with van der Waals surface area (Å²) in [5.74, 6) is 3.32. The van der Waals surface area contributed by atoms with E-state index in [4.69, 9.17) is 18.9 Å². The number of oxazole rings is 1. The number of carbonyl (C=O) groups excluding carboxylic acids is 1. The maximum Gasteiger partial charge on any atom is 0.213 e. The highest BCUT2D eigenvalue weighted by molar-refractivity contribution is 5.80. The van der Waals surface area contributed by atoms with Gasteiger partial charge in [0.25, 0.3) is 0 Å². The predicted octanol–water partition coefficient (Wildman–Crippen LogP) is 4.20. The van der Waals surface area contributed by atoms with E-state index in [1.807, 2.05) is 20.1 Å². The lowest BCUT2D eigenvalue weighted by molar-refractivity contribution is -0.120. The molecule has 1 unspecified atom stereocenters. The van der Waals surface area contributed by atoms with Gasteiger partial charge in [0.05, 0.1) is 25.3 Å². The van der Waals surface area contributed by atoms with Crippen molar-refractivity contribution >= 4 is 5.78 Å². The predicted molar refractivity (Wildman–Crippen MR) is 130 cm³/mol. The van der Waals surface area contributed by atoms with Crippen molar-refractivity contribution in [2.45, 2.75) is 71.3 Å². The smallest absolute Gasteiger partial charge is 0.213 e. The highest BCUT2D eigenvalue weighted by atomic mass is 16.5. The van der Waals surface area contributed by atoms with E-state index in [1.165, 1.54) is 11.3 Å². The van der Waals surface area contributed by atoms with Crippen molar-refractivity contribution in [3.8, 4) is 5.88 Å². The number of aryl methyl sites for hydroxylation is 1. The zero-order chi connectivity index (χ0) is 23.9. The van der Waals surface area contributed by atoms with Gasteiger partial charge in [-0.05, 0) is 56.4 Å². The zero-order valence-corrected chi connectivity index (χ0v) is 20.9. The van der Waals surface area contributed by atoms with Crippen LogP contribution in [0.4, 0.5) is 0 Å². The maximum absolute atomic E-state index is 12.5. The Morgan fingerprint density at radius 1 is 1.21 bits per heavy atom. The number of fused-ring (bicyclic) bond motifs is 1. The van der Waals surface area contributed by atoms with E-state index in [9.17, 15) is 4.79 Å². The Hall–Kier alpha value is -2.25. The lowest BCUT2D eigenvalue weighted by Gasteiger charge is -2.35. The van der Waals surface area contributed by atoms with Gasteiger partial charge in [-0.2, -0.15) is 0 Å². The molecule has 34 heavy (non-hydrogen) atoms. The topological polar surface area (TPSA) is 77.7 Å². The molecular weight excluding hydrogens is 430 g/mol. The number of methoxy groups -OCH3 is 1. The van der Waals surface area contributed by atoms with Crippen molar-refractivity contribution in [2.75, 3.05) is 33.4 Å². The molecule has 4 rings (SSSR count). The minimum Gasteiger partial charge on any atom is -0.478 e. The molecule has 1 aliphatic heterocycles. The molecule has 0 N–H and O–H groups in total. The summed E-state index contributed by atoms with van der Waals surface area (Å²) in [4.78, 5) is 23.8. The number of Topliss-reactive ketones (excluding diaryl/α,β-unsaturated/α-hetero) is 1. The lowest BCUT2D eigenvalue weighted by Crippen LogP contribution is -2.40. The van der Waals surface area contributed by atoms with Crippen molar-refractivity contribution in [2.24, 2.45) is 11.8 Å². The van der Waals surface area contributed by atoms with Gasteiger partial charge in [0.15, 0.2) is 5.89 Å². The van der Waals surface area contributed by atoms with Gasteiger partial charge in [0, 0.05) is 58.3 Å². The number of ketones is 1. The van der Waals surface area contributed by atoms with E-state index in [2.05, 4.69) is 16.0 Å². The van der Waals surface area contributed by atoms with Crippen LogP contribution in [0.5, 0.6) is 5.88 Å². The first-order valence-corrected chi connectivity index (χ1v) is 12.8. The molecule has 1 atom stereocenters. The first-order valence-electron chi connectivity index (χ1n) is 12.8. The molecule has 7 heteroatoms. The zero-order valence-electron chi connectivity index (χ0n) is 20.9. The Kier molecular flexibility index (Phi) is 8.73. The van der Waals surface area contributed by atoms with Gasteiger partial charge in [-0.15, -0.1) is 0 Å². The van der Waals surface area contributed by atoms with Crippen LogP contribution in [0.2, 0.25) is 0 Å². The summed E-state index contributed by atoms with van der Waals surface area (Å²) >= 11 is 0. The largest absolute Gasteiger partial charge is 0.478 e. The summed E-state index contributed by atoms with van der Waals surface area (Å²) in [6.07, 6.45) is 9.34. The summed E-state index contributed by atoms with van der Waals surface area (Å²) in [5.41, 5.74) is 2.51. The number of hydrogen-bond acceptors (Lipinski definition) is 7. The first kappa shape index (κ1) is 24.9. The molecular formula is C27H39N3O4. The molecule has 2 aromatic rings. The lowest BCUT2D eigenvalue weighted by atomic mass is 9.77. The number of hydrogen-bond donors (Lipinski definition) is 0. The fraction of sp³-hybridized carbons (Fsp3) is 0.667. The highest BCUT2D eigenvalue weighted by Gasteiger charge is 2.30. The molecule has 1 fully saturated rings. The van der Waals surface area contributed by atoms with E-state index in [1.54, 1.807) is 13.1 Å². The fourth-order valence-corrected chi connectivity index (χ4v) is 5.53. The molecule has 1 saturated carbocycles. The fourth-order valence-electron chi connectivity index (χ4n) is 5.53. The van der Waals surface area contributed by atoms with E-state index in [-0.39, 0.29) is 11.9 Å². The van der Waals surface area contributed by atoms with Crippen LogP contribution in [0.3, 0.4) is 0 Å². The Morgan fingerprint density at radius 2 is 2.00 bits per heavy atom. The van der Waals surface area contributed by atoms with Crippen molar-refractivity contribution in [3.63, 3.8) is 0 Å². The minimum atomic E-state index is 0.238. The molecule has 0 saturated heterocycles. The van der Waals surface area contributed by atoms with Gasteiger partial charge in [0.1, 0.15) is 11.5 Å². The second kappa shape index (κ2) is 11.9. The highest BCUT2D eigenvalue weighted by Crippen LogP contribution is 2.34. The minimum absolute atomic E-state index is 0.238. The second-order valence-corrected chi connectivity index (χ2v) is 9.81. The second-order valence-electron chi connectivity index (χ2n) is 9.81. The van der Waals surface area contributed by atoms with Crippen molar-refractivity contribution in [1.82, 2.24) is 14.9 Å². The van der Waals surface area contributed by atoms with Gasteiger partial charge in [0.2, 0.25) is 5.88 Å². The Bertz CT molecular complexity index is 936. The van der Waals surface area contributed by atoms with Crippen molar-refractivity contribution in [3.05, 3.63) is 41.2 Å². The average Bonchev–Trinajstić information content (AvgIpc) is 3.13. The van der Waals surface area contributed by atoms with Gasteiger partial charge in [-0.25, -0.2) is 9.97 Å². The quantitative estimate of drug-likeness (QED) is 0.516. The summed E-state index contributed by atoms with van der Waals surface area (Å²) < 4.78 is 17.0. The average molecular weight is 470 g/mol. The van der Waals surface area contributed by atoms with Gasteiger partial charge >= 0.3 is 0 Å². The van der Waals surface area contributed by atoms with Gasteiger partial charge in [-0.1, -0.05) is 6.07 Å². The summed E-state index contributed by atoms with van der Waals surface area (Å²) in [7, 11) is 1.85. The number of carbonyl (C=O) groups is 1. The van der Waals surface area contributed by atoms with E-state index >= 15 is 0 Å². The normalized spacial score (nSPS) is 22.1. The summed E-state index contributed by atoms with van der Waals surface area (Å²) in [6.45, 7) is 7.44. The SMILES string of the molecule is CCOc1ccc2c(n1)CCN(CC(OC)C1CCC(CC(=O)Cc3cnc(C)o3)CC1)CC2. The number of aromatic nitrogens is 2. The van der Waals surface area contributed by atoms with Crippen LogP contribution in [0, 0.1) is 18.8 Å². The molecule has 1 aliphatic carbocycles. The standard InChI is InChI=1S/C27H39N3O4/c1-4-33-27-10-9-21-11-13-30(14-12-25(21)29-27)18-26(32-3)22-7-5-20(6-8-22)15-23(31)16-24-17-28-19(2)34-24/h9-10,17,20,22,26H,4-8,11-16,18H2,1-3H3. The third-order valence-electron chi connectivity index (χ3n) is 7.41. The van der Waals surface area contributed by atoms with Gasteiger partial charge < -0.3 is 18.8 Å². The Morgan fingerprint density at radius 3 is 2.71 bits per heavy atom. The van der Waals surface area contributed by atoms with Crippen LogP contribution in [-0.2, 0) is 28.8 Å². The summed E-state index contributed by atoms with van der Waals surface area (Å²) in [5, 5.41) is 0. The molecule has 0 radical (unpaired) electrons. The number of ether oxygens (including phenoxy) is 2. The third kappa shape index (κ3) is 6.66. The third-order valence-corrected chi connectivity index (χ3v) is 7.41. The number of pyridine rings is 1. The van der Waals surface area contributed by atoms with Crippen LogP contribution in [0.25, 0.3) is 0 Å². The molecule has 0 amide bonds. The van der Waals surface area contributed by atoms with Crippen LogP contribution in [0.1, 0.15) is 61.9 Å². The van der Waals surface area contributed by atoms with E-state index in [0.29, 0.717) is 42.9 Å². The monoisotopic (exact) mass is 469 g/mol. The molecule has 2 aliphatic rings. The molecule has 186 valence electrons.